The van der Waals surface area contributed by atoms with E-state index in [9.17, 15) is 0 Å². The van der Waals surface area contributed by atoms with E-state index in [4.69, 9.17) is 5.73 Å². The fourth-order valence-electron chi connectivity index (χ4n) is 1.12. The zero-order chi connectivity index (χ0) is 10.7. The molecule has 0 spiro atoms. The largest absolute Gasteiger partial charge is 0.399 e. The number of hydrogen-bond donors (Lipinski definition) is 1. The van der Waals surface area contributed by atoms with E-state index in [1.54, 1.807) is 18.0 Å². The van der Waals surface area contributed by atoms with Crippen molar-refractivity contribution in [1.82, 2.24) is 4.98 Å². The molecule has 15 heavy (non-hydrogen) atoms. The summed E-state index contributed by atoms with van der Waals surface area (Å²) in [6.07, 6.45) is 1.79. The molecule has 4 heteroatoms. The maximum Gasteiger partial charge on any atom is 0.101 e. The molecule has 0 fully saturated rings. The average Bonchev–Trinajstić information content (AvgIpc) is 2.22. The van der Waals surface area contributed by atoms with Crippen molar-refractivity contribution in [2.75, 3.05) is 5.73 Å². The summed E-state index contributed by atoms with van der Waals surface area (Å²) in [4.78, 5) is 5.38. The molecule has 2 rings (SSSR count). The monoisotopic (exact) mass is 280 g/mol. The van der Waals surface area contributed by atoms with E-state index in [0.717, 1.165) is 20.1 Å². The van der Waals surface area contributed by atoms with Crippen LogP contribution in [0, 0.1) is 0 Å². The smallest absolute Gasteiger partial charge is 0.101 e. The molecule has 0 unspecified atom stereocenters. The lowest BCUT2D eigenvalue weighted by atomic mass is 10.3. The summed E-state index contributed by atoms with van der Waals surface area (Å²) in [6.45, 7) is 0. The Bertz CT molecular complexity index is 456. The fraction of sp³-hybridized carbons (Fsp3) is 0. The summed E-state index contributed by atoms with van der Waals surface area (Å²) >= 11 is 4.95. The number of rotatable bonds is 2. The molecule has 2 N–H and O–H groups in total. The molecule has 2 nitrogen and oxygen atoms in total. The highest BCUT2D eigenvalue weighted by Crippen LogP contribution is 2.27. The third-order valence-electron chi connectivity index (χ3n) is 1.78. The van der Waals surface area contributed by atoms with Crippen molar-refractivity contribution in [3.05, 3.63) is 47.1 Å². The van der Waals surface area contributed by atoms with Gasteiger partial charge in [-0.05, 0) is 46.3 Å². The highest BCUT2D eigenvalue weighted by molar-refractivity contribution is 9.10. The second-order valence-corrected chi connectivity index (χ2v) is 5.00. The molecule has 76 valence electrons. The van der Waals surface area contributed by atoms with Crippen molar-refractivity contribution in [1.29, 1.82) is 0 Å². The van der Waals surface area contributed by atoms with Crippen LogP contribution in [0.1, 0.15) is 0 Å². The molecule has 0 aliphatic heterocycles. The van der Waals surface area contributed by atoms with Crippen LogP contribution in [0.25, 0.3) is 0 Å². The van der Waals surface area contributed by atoms with Crippen molar-refractivity contribution >= 4 is 33.4 Å². The Labute approximate surface area is 101 Å². The van der Waals surface area contributed by atoms with E-state index in [0.29, 0.717) is 0 Å². The molecule has 0 saturated carbocycles. The van der Waals surface area contributed by atoms with Crippen molar-refractivity contribution in [3.63, 3.8) is 0 Å². The van der Waals surface area contributed by atoms with Gasteiger partial charge in [0.05, 0.1) is 0 Å². The van der Waals surface area contributed by atoms with Gasteiger partial charge in [0.25, 0.3) is 0 Å². The highest BCUT2D eigenvalue weighted by atomic mass is 79.9. The van der Waals surface area contributed by atoms with Crippen LogP contribution >= 0.6 is 27.7 Å². The number of anilines is 1. The Morgan fingerprint density at radius 2 is 2.07 bits per heavy atom. The van der Waals surface area contributed by atoms with Gasteiger partial charge in [0.2, 0.25) is 0 Å². The third-order valence-corrected chi connectivity index (χ3v) is 3.19. The molecule has 2 aromatic rings. The van der Waals surface area contributed by atoms with Gasteiger partial charge in [-0.25, -0.2) is 4.98 Å². The van der Waals surface area contributed by atoms with Gasteiger partial charge in [-0.1, -0.05) is 17.8 Å². The summed E-state index contributed by atoms with van der Waals surface area (Å²) in [7, 11) is 0. The first-order valence-corrected chi connectivity index (χ1v) is 6.00. The van der Waals surface area contributed by atoms with E-state index in [1.807, 2.05) is 36.4 Å². The summed E-state index contributed by atoms with van der Waals surface area (Å²) in [6, 6.07) is 11.7. The molecule has 0 atom stereocenters. The lowest BCUT2D eigenvalue weighted by molar-refractivity contribution is 1.12. The number of pyridine rings is 1. The van der Waals surface area contributed by atoms with Crippen LogP contribution in [0.4, 0.5) is 5.69 Å². The van der Waals surface area contributed by atoms with Crippen LogP contribution in [-0.2, 0) is 0 Å². The van der Waals surface area contributed by atoms with Crippen molar-refractivity contribution < 1.29 is 0 Å². The van der Waals surface area contributed by atoms with Crippen LogP contribution in [0.5, 0.6) is 0 Å². The molecule has 0 radical (unpaired) electrons. The number of nitrogens with two attached hydrogens (primary N) is 1. The lowest BCUT2D eigenvalue weighted by Gasteiger charge is -2.01. The van der Waals surface area contributed by atoms with Crippen molar-refractivity contribution in [3.8, 4) is 0 Å². The summed E-state index contributed by atoms with van der Waals surface area (Å²) in [5, 5.41) is 0.962. The number of hydrogen-bond acceptors (Lipinski definition) is 3. The molecule has 1 heterocycles. The molecular weight excluding hydrogens is 272 g/mol. The van der Waals surface area contributed by atoms with Crippen LogP contribution < -0.4 is 5.73 Å². The Morgan fingerprint density at radius 1 is 1.20 bits per heavy atom. The quantitative estimate of drug-likeness (QED) is 0.855. The van der Waals surface area contributed by atoms with Gasteiger partial charge in [0.1, 0.15) is 5.03 Å². The fourth-order valence-corrected chi connectivity index (χ4v) is 2.18. The standard InChI is InChI=1S/C11H9BrN2S/c12-8-4-5-11(14-7-8)15-10-3-1-2-9(13)6-10/h1-7H,13H2. The Kier molecular flexibility index (Phi) is 3.28. The van der Waals surface area contributed by atoms with Crippen molar-refractivity contribution in [2.24, 2.45) is 0 Å². The normalized spacial score (nSPS) is 10.2. The molecule has 1 aromatic heterocycles. The first-order chi connectivity index (χ1) is 7.24. The van der Waals surface area contributed by atoms with E-state index >= 15 is 0 Å². The van der Waals surface area contributed by atoms with Gasteiger partial charge in [0.15, 0.2) is 0 Å². The molecule has 0 saturated heterocycles. The van der Waals surface area contributed by atoms with Gasteiger partial charge >= 0.3 is 0 Å². The topological polar surface area (TPSA) is 38.9 Å². The zero-order valence-electron chi connectivity index (χ0n) is 7.85. The lowest BCUT2D eigenvalue weighted by Crippen LogP contribution is -1.84. The van der Waals surface area contributed by atoms with Gasteiger partial charge in [-0.15, -0.1) is 0 Å². The third kappa shape index (κ3) is 2.97. The average molecular weight is 281 g/mol. The van der Waals surface area contributed by atoms with Crippen LogP contribution in [0.15, 0.2) is 57.0 Å². The first kappa shape index (κ1) is 10.5. The SMILES string of the molecule is Nc1cccc(Sc2ccc(Br)cn2)c1. The van der Waals surface area contributed by atoms with Crippen molar-refractivity contribution in [2.45, 2.75) is 9.92 Å². The molecule has 1 aromatic carbocycles. The molecule has 0 bridgehead atoms. The van der Waals surface area contributed by atoms with E-state index < -0.39 is 0 Å². The van der Waals surface area contributed by atoms with Gasteiger partial charge < -0.3 is 5.73 Å². The zero-order valence-corrected chi connectivity index (χ0v) is 10.3. The molecule has 0 aliphatic rings. The summed E-state index contributed by atoms with van der Waals surface area (Å²) in [5.74, 6) is 0. The number of nitrogens with zero attached hydrogens (tertiary/aromatic N) is 1. The Balaban J connectivity index is 2.18. The van der Waals surface area contributed by atoms with Crippen LogP contribution in [-0.4, -0.2) is 4.98 Å². The second-order valence-electron chi connectivity index (χ2n) is 2.99. The minimum atomic E-state index is 0.775. The Morgan fingerprint density at radius 3 is 2.73 bits per heavy atom. The minimum absolute atomic E-state index is 0.775. The number of nitrogen functional groups attached to an aromatic ring is 1. The van der Waals surface area contributed by atoms with Gasteiger partial charge in [0, 0.05) is 21.3 Å². The molecule has 0 aliphatic carbocycles. The summed E-state index contributed by atoms with van der Waals surface area (Å²) in [5.41, 5.74) is 6.47. The summed E-state index contributed by atoms with van der Waals surface area (Å²) < 4.78 is 0.986. The second kappa shape index (κ2) is 4.68. The highest BCUT2D eigenvalue weighted by Gasteiger charge is 1.98. The minimum Gasteiger partial charge on any atom is -0.399 e. The molecular formula is C11H9BrN2S. The van der Waals surface area contributed by atoms with Crippen LogP contribution in [0.3, 0.4) is 0 Å². The predicted molar refractivity (Wildman–Crippen MR) is 66.9 cm³/mol. The maximum absolute atomic E-state index is 5.70. The maximum atomic E-state index is 5.70. The number of halogens is 1. The van der Waals surface area contributed by atoms with Gasteiger partial charge in [-0.3, -0.25) is 0 Å². The van der Waals surface area contributed by atoms with E-state index in [2.05, 4.69) is 20.9 Å². The predicted octanol–water partition coefficient (Wildman–Crippen LogP) is 3.58. The number of benzene rings is 1. The van der Waals surface area contributed by atoms with Crippen LogP contribution in [0.2, 0.25) is 0 Å². The molecule has 0 amide bonds. The first-order valence-electron chi connectivity index (χ1n) is 4.39. The van der Waals surface area contributed by atoms with E-state index in [-0.39, 0.29) is 0 Å². The number of aromatic nitrogens is 1. The Hall–Kier alpha value is -1.00. The van der Waals surface area contributed by atoms with Gasteiger partial charge in [-0.2, -0.15) is 0 Å². The van der Waals surface area contributed by atoms with E-state index in [1.165, 1.54) is 0 Å².